The van der Waals surface area contributed by atoms with Gasteiger partial charge in [-0.25, -0.2) is 4.79 Å². The van der Waals surface area contributed by atoms with Crippen LogP contribution in [0.25, 0.3) is 0 Å². The lowest BCUT2D eigenvalue weighted by Crippen LogP contribution is -2.42. The second-order valence-electron chi connectivity index (χ2n) is 5.17. The SMILES string of the molecule is C#C[C@H](NC(=O)OCc1ccccc1)C(C)(C)C. The standard InChI is InChI=1S/C15H19NO2/c1-5-13(15(2,3)4)16-14(17)18-11-12-9-7-6-8-10-12/h1,6-10,13H,11H2,2-4H3,(H,16,17)/t13-/m0/s1. The fraction of sp³-hybridized carbons (Fsp3) is 0.400. The predicted octanol–water partition coefficient (Wildman–Crippen LogP) is 2.96. The minimum Gasteiger partial charge on any atom is -0.445 e. The van der Waals surface area contributed by atoms with Gasteiger partial charge in [0, 0.05) is 0 Å². The van der Waals surface area contributed by atoms with Gasteiger partial charge in [0.15, 0.2) is 0 Å². The van der Waals surface area contributed by atoms with Crippen LogP contribution in [0.15, 0.2) is 30.3 Å². The molecular formula is C15H19NO2. The van der Waals surface area contributed by atoms with E-state index in [0.29, 0.717) is 0 Å². The van der Waals surface area contributed by atoms with Gasteiger partial charge in [-0.2, -0.15) is 0 Å². The number of hydrogen-bond acceptors (Lipinski definition) is 2. The molecule has 0 aliphatic carbocycles. The van der Waals surface area contributed by atoms with E-state index in [0.717, 1.165) is 5.56 Å². The van der Waals surface area contributed by atoms with Crippen molar-refractivity contribution in [3.05, 3.63) is 35.9 Å². The highest BCUT2D eigenvalue weighted by atomic mass is 16.5. The molecule has 0 heterocycles. The third-order valence-corrected chi connectivity index (χ3v) is 2.51. The number of amides is 1. The third-order valence-electron chi connectivity index (χ3n) is 2.51. The number of ether oxygens (including phenoxy) is 1. The zero-order valence-electron chi connectivity index (χ0n) is 11.1. The lowest BCUT2D eigenvalue weighted by Gasteiger charge is -2.26. The minimum atomic E-state index is -0.489. The van der Waals surface area contributed by atoms with E-state index in [-0.39, 0.29) is 18.1 Å². The average Bonchev–Trinajstić information content (AvgIpc) is 2.33. The van der Waals surface area contributed by atoms with Gasteiger partial charge in [-0.15, -0.1) is 6.42 Å². The van der Waals surface area contributed by atoms with Crippen molar-refractivity contribution < 1.29 is 9.53 Å². The van der Waals surface area contributed by atoms with E-state index in [1.54, 1.807) is 0 Å². The Morgan fingerprint density at radius 1 is 1.39 bits per heavy atom. The highest BCUT2D eigenvalue weighted by Crippen LogP contribution is 2.18. The van der Waals surface area contributed by atoms with E-state index in [4.69, 9.17) is 11.2 Å². The molecule has 0 saturated heterocycles. The quantitative estimate of drug-likeness (QED) is 0.831. The molecule has 0 aliphatic rings. The lowest BCUT2D eigenvalue weighted by molar-refractivity contribution is 0.131. The monoisotopic (exact) mass is 245 g/mol. The molecule has 0 aliphatic heterocycles. The van der Waals surface area contributed by atoms with Crippen LogP contribution in [0.5, 0.6) is 0 Å². The Balaban J connectivity index is 2.45. The molecule has 0 saturated carbocycles. The summed E-state index contributed by atoms with van der Waals surface area (Å²) in [5.41, 5.74) is 0.751. The first-order valence-electron chi connectivity index (χ1n) is 5.87. The molecule has 1 atom stereocenters. The van der Waals surface area contributed by atoms with E-state index in [1.165, 1.54) is 0 Å². The normalized spacial score (nSPS) is 12.3. The van der Waals surface area contributed by atoms with Gasteiger partial charge in [0.05, 0.1) is 6.04 Å². The molecule has 0 fully saturated rings. The molecule has 0 bridgehead atoms. The fourth-order valence-corrected chi connectivity index (χ4v) is 1.39. The molecule has 0 spiro atoms. The minimum absolute atomic E-state index is 0.194. The van der Waals surface area contributed by atoms with Crippen LogP contribution in [-0.4, -0.2) is 12.1 Å². The molecule has 1 N–H and O–H groups in total. The lowest BCUT2D eigenvalue weighted by atomic mass is 9.87. The smallest absolute Gasteiger partial charge is 0.408 e. The Morgan fingerprint density at radius 2 is 2.00 bits per heavy atom. The number of alkyl carbamates (subject to hydrolysis) is 1. The van der Waals surface area contributed by atoms with Crippen LogP contribution in [0.1, 0.15) is 26.3 Å². The van der Waals surface area contributed by atoms with Crippen molar-refractivity contribution in [2.75, 3.05) is 0 Å². The van der Waals surface area contributed by atoms with Crippen LogP contribution in [0, 0.1) is 17.8 Å². The summed E-state index contributed by atoms with van der Waals surface area (Å²) in [5, 5.41) is 2.68. The summed E-state index contributed by atoms with van der Waals surface area (Å²) < 4.78 is 5.11. The summed E-state index contributed by atoms with van der Waals surface area (Å²) in [6, 6.07) is 9.16. The van der Waals surface area contributed by atoms with E-state index < -0.39 is 6.09 Å². The van der Waals surface area contributed by atoms with Gasteiger partial charge in [0.1, 0.15) is 6.61 Å². The predicted molar refractivity (Wildman–Crippen MR) is 71.8 cm³/mol. The Hall–Kier alpha value is -1.95. The van der Waals surface area contributed by atoms with Gasteiger partial charge in [-0.05, 0) is 11.0 Å². The molecule has 96 valence electrons. The zero-order valence-corrected chi connectivity index (χ0v) is 11.1. The van der Waals surface area contributed by atoms with E-state index in [1.807, 2.05) is 51.1 Å². The molecule has 18 heavy (non-hydrogen) atoms. The fourth-order valence-electron chi connectivity index (χ4n) is 1.39. The molecule has 1 amide bonds. The van der Waals surface area contributed by atoms with Crippen LogP contribution in [0.2, 0.25) is 0 Å². The van der Waals surface area contributed by atoms with Crippen LogP contribution in [-0.2, 0) is 11.3 Å². The third kappa shape index (κ3) is 4.50. The summed E-state index contributed by atoms with van der Waals surface area (Å²) in [6.45, 7) is 6.15. The maximum absolute atomic E-state index is 11.6. The number of nitrogens with one attached hydrogen (secondary N) is 1. The van der Waals surface area contributed by atoms with Gasteiger partial charge >= 0.3 is 6.09 Å². The number of carbonyl (C=O) groups excluding carboxylic acids is 1. The van der Waals surface area contributed by atoms with Gasteiger partial charge in [-0.3, -0.25) is 0 Å². The van der Waals surface area contributed by atoms with E-state index in [9.17, 15) is 4.79 Å². The molecule has 1 rings (SSSR count). The molecule has 3 nitrogen and oxygen atoms in total. The highest BCUT2D eigenvalue weighted by Gasteiger charge is 2.24. The molecular weight excluding hydrogens is 226 g/mol. The summed E-state index contributed by atoms with van der Waals surface area (Å²) in [5.74, 6) is 2.56. The maximum atomic E-state index is 11.6. The topological polar surface area (TPSA) is 38.3 Å². The molecule has 0 aromatic heterocycles. The highest BCUT2D eigenvalue weighted by molar-refractivity contribution is 5.68. The summed E-state index contributed by atoms with van der Waals surface area (Å²) in [7, 11) is 0. The van der Waals surface area contributed by atoms with Gasteiger partial charge in [0.2, 0.25) is 0 Å². The van der Waals surface area contributed by atoms with Crippen LogP contribution < -0.4 is 5.32 Å². The van der Waals surface area contributed by atoms with Crippen LogP contribution in [0.3, 0.4) is 0 Å². The van der Waals surface area contributed by atoms with Gasteiger partial charge < -0.3 is 10.1 Å². The van der Waals surface area contributed by atoms with Crippen LogP contribution in [0.4, 0.5) is 4.79 Å². The van der Waals surface area contributed by atoms with Gasteiger partial charge in [-0.1, -0.05) is 57.0 Å². The summed E-state index contributed by atoms with van der Waals surface area (Å²) in [4.78, 5) is 11.6. The number of benzene rings is 1. The van der Waals surface area contributed by atoms with Crippen molar-refractivity contribution in [2.45, 2.75) is 33.4 Å². The maximum Gasteiger partial charge on any atom is 0.408 e. The second kappa shape index (κ2) is 6.11. The molecule has 1 aromatic carbocycles. The first kappa shape index (κ1) is 14.1. The Labute approximate surface area is 109 Å². The number of terminal acetylenes is 1. The largest absolute Gasteiger partial charge is 0.445 e. The Kier molecular flexibility index (Phi) is 4.79. The molecule has 1 aromatic rings. The molecule has 3 heteroatoms. The van der Waals surface area contributed by atoms with Crippen molar-refractivity contribution in [3.8, 4) is 12.3 Å². The average molecular weight is 245 g/mol. The zero-order chi connectivity index (χ0) is 13.6. The summed E-state index contributed by atoms with van der Waals surface area (Å²) in [6.07, 6.45) is 4.91. The van der Waals surface area contributed by atoms with Crippen molar-refractivity contribution >= 4 is 6.09 Å². The molecule has 0 radical (unpaired) electrons. The van der Waals surface area contributed by atoms with Crippen molar-refractivity contribution in [2.24, 2.45) is 5.41 Å². The second-order valence-corrected chi connectivity index (χ2v) is 5.17. The first-order valence-corrected chi connectivity index (χ1v) is 5.87. The number of rotatable bonds is 3. The molecule has 0 unspecified atom stereocenters. The van der Waals surface area contributed by atoms with Crippen LogP contribution >= 0.6 is 0 Å². The number of hydrogen-bond donors (Lipinski definition) is 1. The number of carbonyl (C=O) groups is 1. The summed E-state index contributed by atoms with van der Waals surface area (Å²) >= 11 is 0. The van der Waals surface area contributed by atoms with E-state index in [2.05, 4.69) is 11.2 Å². The van der Waals surface area contributed by atoms with Crippen molar-refractivity contribution in [1.82, 2.24) is 5.32 Å². The van der Waals surface area contributed by atoms with Crippen molar-refractivity contribution in [3.63, 3.8) is 0 Å². The Bertz CT molecular complexity index is 426. The van der Waals surface area contributed by atoms with Gasteiger partial charge in [0.25, 0.3) is 0 Å². The Morgan fingerprint density at radius 3 is 2.50 bits per heavy atom. The van der Waals surface area contributed by atoms with Crippen molar-refractivity contribution in [1.29, 1.82) is 0 Å². The first-order chi connectivity index (χ1) is 8.43. The van der Waals surface area contributed by atoms with E-state index >= 15 is 0 Å².